The van der Waals surface area contributed by atoms with Gasteiger partial charge in [-0.05, 0) is 43.6 Å². The number of nitrogens with one attached hydrogen (secondary N) is 3. The van der Waals surface area contributed by atoms with Crippen LogP contribution in [0.1, 0.15) is 51.5 Å². The second-order valence-electron chi connectivity index (χ2n) is 9.83. The normalized spacial score (nSPS) is 13.8. The second kappa shape index (κ2) is 17.4. The highest BCUT2D eigenvalue weighted by atomic mass is 16.4. The van der Waals surface area contributed by atoms with Crippen LogP contribution in [0.25, 0.3) is 0 Å². The van der Waals surface area contributed by atoms with E-state index in [1.54, 1.807) is 38.1 Å². The van der Waals surface area contributed by atoms with Gasteiger partial charge in [0.25, 0.3) is 0 Å². The summed E-state index contributed by atoms with van der Waals surface area (Å²) in [6, 6.07) is 4.23. The molecule has 0 aliphatic carbocycles. The summed E-state index contributed by atoms with van der Waals surface area (Å²) < 4.78 is 0. The van der Waals surface area contributed by atoms with Crippen LogP contribution in [0.5, 0.6) is 0 Å². The molecule has 0 fully saturated rings. The van der Waals surface area contributed by atoms with Gasteiger partial charge in [0.2, 0.25) is 17.7 Å². The molecule has 3 amide bonds. The SMILES string of the molecule is CC(C)CC(NC(=O)C(CCCN=C(N)N)NC(=O)C(CCC(=O)O)NC(=O)C(N)Cc1ccccc1)C(=O)O. The molecule has 0 saturated carbocycles. The van der Waals surface area contributed by atoms with E-state index in [1.807, 2.05) is 6.07 Å². The van der Waals surface area contributed by atoms with Crippen molar-refractivity contribution in [3.8, 4) is 0 Å². The van der Waals surface area contributed by atoms with Gasteiger partial charge in [-0.3, -0.25) is 24.2 Å². The van der Waals surface area contributed by atoms with Gasteiger partial charge in [-0.1, -0.05) is 44.2 Å². The molecular weight excluding hydrogens is 522 g/mol. The van der Waals surface area contributed by atoms with E-state index in [9.17, 15) is 29.1 Å². The number of hydrogen-bond donors (Lipinski definition) is 8. The lowest BCUT2D eigenvalue weighted by Gasteiger charge is -2.25. The summed E-state index contributed by atoms with van der Waals surface area (Å²) in [4.78, 5) is 65.7. The molecule has 0 aliphatic heterocycles. The summed E-state index contributed by atoms with van der Waals surface area (Å²) in [5.41, 5.74) is 17.5. The highest BCUT2D eigenvalue weighted by Gasteiger charge is 2.30. The third kappa shape index (κ3) is 13.6. The number of benzene rings is 1. The van der Waals surface area contributed by atoms with Crippen LogP contribution in [0.3, 0.4) is 0 Å². The average Bonchev–Trinajstić information content (AvgIpc) is 2.87. The van der Waals surface area contributed by atoms with E-state index in [4.69, 9.17) is 22.3 Å². The molecule has 0 spiro atoms. The number of carboxylic acids is 2. The zero-order chi connectivity index (χ0) is 30.2. The fourth-order valence-electron chi connectivity index (χ4n) is 3.79. The van der Waals surface area contributed by atoms with Crippen molar-refractivity contribution in [3.05, 3.63) is 35.9 Å². The first-order chi connectivity index (χ1) is 18.8. The van der Waals surface area contributed by atoms with E-state index in [0.717, 1.165) is 5.56 Å². The number of aliphatic carboxylic acids is 2. The minimum Gasteiger partial charge on any atom is -0.481 e. The van der Waals surface area contributed by atoms with Crippen molar-refractivity contribution >= 4 is 35.6 Å². The Labute approximate surface area is 233 Å². The van der Waals surface area contributed by atoms with Crippen molar-refractivity contribution in [3.63, 3.8) is 0 Å². The van der Waals surface area contributed by atoms with Crippen LogP contribution >= 0.6 is 0 Å². The van der Waals surface area contributed by atoms with Gasteiger partial charge in [0, 0.05) is 13.0 Å². The molecule has 222 valence electrons. The monoisotopic (exact) mass is 563 g/mol. The lowest BCUT2D eigenvalue weighted by Crippen LogP contribution is -2.57. The van der Waals surface area contributed by atoms with Crippen molar-refractivity contribution in [1.29, 1.82) is 0 Å². The number of nitrogens with two attached hydrogens (primary N) is 3. The van der Waals surface area contributed by atoms with Crippen LogP contribution in [0, 0.1) is 5.92 Å². The Morgan fingerprint density at radius 3 is 1.93 bits per heavy atom. The first-order valence-electron chi connectivity index (χ1n) is 13.0. The smallest absolute Gasteiger partial charge is 0.326 e. The van der Waals surface area contributed by atoms with E-state index in [1.165, 1.54) is 0 Å². The highest BCUT2D eigenvalue weighted by molar-refractivity contribution is 5.94. The molecule has 0 bridgehead atoms. The molecule has 0 aliphatic rings. The van der Waals surface area contributed by atoms with E-state index in [0.29, 0.717) is 0 Å². The number of carbonyl (C=O) groups excluding carboxylic acids is 3. The van der Waals surface area contributed by atoms with Gasteiger partial charge < -0.3 is 43.4 Å². The molecule has 0 radical (unpaired) electrons. The van der Waals surface area contributed by atoms with Gasteiger partial charge in [0.1, 0.15) is 18.1 Å². The van der Waals surface area contributed by atoms with Crippen LogP contribution in [-0.4, -0.2) is 76.5 Å². The molecule has 1 aromatic carbocycles. The van der Waals surface area contributed by atoms with Gasteiger partial charge >= 0.3 is 11.9 Å². The number of aliphatic imine (C=N–C) groups is 1. The topological polar surface area (TPSA) is 252 Å². The minimum atomic E-state index is -1.32. The molecule has 11 N–H and O–H groups in total. The zero-order valence-corrected chi connectivity index (χ0v) is 22.8. The second-order valence-corrected chi connectivity index (χ2v) is 9.83. The van der Waals surface area contributed by atoms with Gasteiger partial charge in [-0.25, -0.2) is 4.79 Å². The molecule has 0 heterocycles. The molecule has 0 aromatic heterocycles. The van der Waals surface area contributed by atoms with Gasteiger partial charge in [0.15, 0.2) is 5.96 Å². The molecule has 14 heteroatoms. The van der Waals surface area contributed by atoms with Crippen molar-refractivity contribution in [2.24, 2.45) is 28.1 Å². The number of guanidine groups is 1. The third-order valence-corrected chi connectivity index (χ3v) is 5.82. The Morgan fingerprint density at radius 1 is 0.850 bits per heavy atom. The molecule has 1 aromatic rings. The molecule has 0 saturated heterocycles. The number of nitrogens with zero attached hydrogens (tertiary/aromatic N) is 1. The Bertz CT molecular complexity index is 1030. The van der Waals surface area contributed by atoms with Crippen LogP contribution in [-0.2, 0) is 30.4 Å². The third-order valence-electron chi connectivity index (χ3n) is 5.82. The standard InChI is InChI=1S/C26H41N7O7/c1-15(2)13-20(25(39)40)33-23(37)18(9-6-12-30-26(28)29)32-24(38)19(10-11-21(34)35)31-22(36)17(27)14-16-7-4-3-5-8-16/h3-5,7-8,15,17-20H,6,9-14,27H2,1-2H3,(H,31,36)(H,32,38)(H,33,37)(H,34,35)(H,39,40)(H4,28,29,30). The van der Waals surface area contributed by atoms with Gasteiger partial charge in [-0.15, -0.1) is 0 Å². The summed E-state index contributed by atoms with van der Waals surface area (Å²) in [6.07, 6.45) is -0.0716. The number of carboxylic acid groups (broad SMARTS) is 2. The van der Waals surface area contributed by atoms with Crippen LogP contribution in [0.4, 0.5) is 0 Å². The largest absolute Gasteiger partial charge is 0.481 e. The Hall–Kier alpha value is -4.20. The maximum absolute atomic E-state index is 13.2. The lowest BCUT2D eigenvalue weighted by molar-refractivity contribution is -0.142. The first kappa shape index (κ1) is 33.8. The van der Waals surface area contributed by atoms with E-state index >= 15 is 0 Å². The Kier molecular flexibility index (Phi) is 14.7. The van der Waals surface area contributed by atoms with E-state index < -0.39 is 60.2 Å². The number of hydrogen-bond acceptors (Lipinski definition) is 7. The molecule has 4 atom stereocenters. The lowest BCUT2D eigenvalue weighted by atomic mass is 10.0. The highest BCUT2D eigenvalue weighted by Crippen LogP contribution is 2.09. The fraction of sp³-hybridized carbons (Fsp3) is 0.538. The quantitative estimate of drug-likeness (QED) is 0.0618. The van der Waals surface area contributed by atoms with Crippen molar-refractivity contribution in [2.75, 3.05) is 6.54 Å². The molecular formula is C26H41N7O7. The molecule has 4 unspecified atom stereocenters. The first-order valence-corrected chi connectivity index (χ1v) is 13.0. The average molecular weight is 564 g/mol. The van der Waals surface area contributed by atoms with Crippen molar-refractivity contribution in [1.82, 2.24) is 16.0 Å². The Balaban J connectivity index is 3.06. The minimum absolute atomic E-state index is 0.0352. The summed E-state index contributed by atoms with van der Waals surface area (Å²) >= 11 is 0. The van der Waals surface area contributed by atoms with E-state index in [2.05, 4.69) is 20.9 Å². The van der Waals surface area contributed by atoms with Gasteiger partial charge in [0.05, 0.1) is 6.04 Å². The van der Waals surface area contributed by atoms with Crippen LogP contribution in [0.15, 0.2) is 35.3 Å². The zero-order valence-electron chi connectivity index (χ0n) is 22.8. The maximum Gasteiger partial charge on any atom is 0.326 e. The maximum atomic E-state index is 13.2. The molecule has 14 nitrogen and oxygen atoms in total. The van der Waals surface area contributed by atoms with Crippen LogP contribution in [0.2, 0.25) is 0 Å². The Morgan fingerprint density at radius 2 is 1.40 bits per heavy atom. The van der Waals surface area contributed by atoms with E-state index in [-0.39, 0.29) is 50.5 Å². The summed E-state index contributed by atoms with van der Waals surface area (Å²) in [6.45, 7) is 3.74. The predicted molar refractivity (Wildman–Crippen MR) is 148 cm³/mol. The number of amides is 3. The number of rotatable bonds is 18. The van der Waals surface area contributed by atoms with Crippen molar-refractivity contribution in [2.45, 2.75) is 76.5 Å². The number of carbonyl (C=O) groups is 5. The summed E-state index contributed by atoms with van der Waals surface area (Å²) in [5.74, 6) is -4.86. The van der Waals surface area contributed by atoms with Gasteiger partial charge in [-0.2, -0.15) is 0 Å². The van der Waals surface area contributed by atoms with Crippen LogP contribution < -0.4 is 33.2 Å². The molecule has 40 heavy (non-hydrogen) atoms. The predicted octanol–water partition coefficient (Wildman–Crippen LogP) is -0.940. The fourth-order valence-corrected chi connectivity index (χ4v) is 3.79. The summed E-state index contributed by atoms with van der Waals surface area (Å²) in [7, 11) is 0. The molecule has 1 rings (SSSR count). The van der Waals surface area contributed by atoms with Crippen molar-refractivity contribution < 1.29 is 34.2 Å². The summed E-state index contributed by atoms with van der Waals surface area (Å²) in [5, 5.41) is 26.1.